The Hall–Kier alpha value is -1.00. The molecule has 0 saturated carbocycles. The van der Waals surface area contributed by atoms with Crippen molar-refractivity contribution in [2.45, 2.75) is 74.5 Å². The van der Waals surface area contributed by atoms with E-state index in [0.29, 0.717) is 13.8 Å². The average Bonchev–Trinajstić information content (AvgIpc) is 2.86. The van der Waals surface area contributed by atoms with E-state index in [9.17, 15) is 52.7 Å². The molecular formula is C12H10F12O4. The Labute approximate surface area is 147 Å². The monoisotopic (exact) mass is 446 g/mol. The summed E-state index contributed by atoms with van der Waals surface area (Å²) in [4.78, 5) is 0. The van der Waals surface area contributed by atoms with Crippen LogP contribution in [0.15, 0.2) is 0 Å². The zero-order chi connectivity index (χ0) is 22.2. The number of hydrogen-bond acceptors (Lipinski definition) is 4. The molecule has 4 atom stereocenters. The molecule has 2 saturated heterocycles. The summed E-state index contributed by atoms with van der Waals surface area (Å²) in [5.41, 5.74) is 0. The van der Waals surface area contributed by atoms with E-state index in [-0.39, 0.29) is 0 Å². The van der Waals surface area contributed by atoms with Gasteiger partial charge in [-0.2, -0.15) is 52.7 Å². The summed E-state index contributed by atoms with van der Waals surface area (Å²) < 4.78 is 176. The lowest BCUT2D eigenvalue weighted by molar-refractivity contribution is -0.437. The number of alkyl halides is 12. The summed E-state index contributed by atoms with van der Waals surface area (Å²) >= 11 is 0. The molecule has 0 aromatic rings. The molecule has 28 heavy (non-hydrogen) atoms. The SMILES string of the molecule is CCC1(C(F)(F)F)OC(F)(F)C(F)(C2(F)OC(CC)(C(F)(F)F)OC2(F)F)O1. The van der Waals surface area contributed by atoms with Crippen LogP contribution in [0.5, 0.6) is 0 Å². The Morgan fingerprint density at radius 3 is 0.929 bits per heavy atom. The fourth-order valence-electron chi connectivity index (χ4n) is 2.59. The lowest BCUT2D eigenvalue weighted by Crippen LogP contribution is -2.65. The lowest BCUT2D eigenvalue weighted by atomic mass is 10.1. The standard InChI is InChI=1S/C12H10F12O4/c1-3-5(9(15,16)17)25-7(13,11(21,22)27-5)8(14)12(23,24)28-6(4-2,26-8)10(18,19)20/h3-4H2,1-2H3. The first-order chi connectivity index (χ1) is 12.2. The maximum atomic E-state index is 14.7. The van der Waals surface area contributed by atoms with Crippen molar-refractivity contribution in [3.05, 3.63) is 0 Å². The van der Waals surface area contributed by atoms with Gasteiger partial charge in [0.1, 0.15) is 0 Å². The fraction of sp³-hybridized carbons (Fsp3) is 1.00. The molecular weight excluding hydrogens is 436 g/mol. The summed E-state index contributed by atoms with van der Waals surface area (Å²) in [5.74, 6) is -21.7. The van der Waals surface area contributed by atoms with Crippen LogP contribution in [0.1, 0.15) is 26.7 Å². The van der Waals surface area contributed by atoms with Crippen molar-refractivity contribution >= 4 is 0 Å². The smallest absolute Gasteiger partial charge is 0.293 e. The molecule has 2 aliphatic rings. The Balaban J connectivity index is 2.67. The minimum absolute atomic E-state index is 0.427. The number of hydrogen-bond donors (Lipinski definition) is 0. The van der Waals surface area contributed by atoms with Crippen LogP contribution >= 0.6 is 0 Å². The predicted molar refractivity (Wildman–Crippen MR) is 60.1 cm³/mol. The molecule has 0 N–H and O–H groups in total. The summed E-state index contributed by atoms with van der Waals surface area (Å²) in [6.45, 7) is 0.854. The summed E-state index contributed by atoms with van der Waals surface area (Å²) in [5, 5.41) is 0. The van der Waals surface area contributed by atoms with Gasteiger partial charge in [0.25, 0.3) is 11.6 Å². The van der Waals surface area contributed by atoms with Crippen molar-refractivity contribution in [1.29, 1.82) is 0 Å². The van der Waals surface area contributed by atoms with Crippen LogP contribution in [0, 0.1) is 0 Å². The normalized spacial score (nSPS) is 43.5. The lowest BCUT2D eigenvalue weighted by Gasteiger charge is -2.36. The molecule has 4 unspecified atom stereocenters. The first kappa shape index (κ1) is 23.3. The number of rotatable bonds is 3. The minimum atomic E-state index is -6.18. The van der Waals surface area contributed by atoms with E-state index in [4.69, 9.17) is 0 Å². The molecule has 0 aromatic carbocycles. The maximum Gasteiger partial charge on any atom is 0.443 e. The topological polar surface area (TPSA) is 36.9 Å². The van der Waals surface area contributed by atoms with Gasteiger partial charge < -0.3 is 0 Å². The van der Waals surface area contributed by atoms with E-state index in [1.807, 2.05) is 0 Å². The van der Waals surface area contributed by atoms with Gasteiger partial charge in [-0.1, -0.05) is 13.8 Å². The highest BCUT2D eigenvalue weighted by Gasteiger charge is 2.95. The molecule has 2 aliphatic heterocycles. The van der Waals surface area contributed by atoms with E-state index < -0.39 is 60.7 Å². The van der Waals surface area contributed by atoms with E-state index >= 15 is 0 Å². The van der Waals surface area contributed by atoms with Gasteiger partial charge in [0.2, 0.25) is 0 Å². The molecule has 0 radical (unpaired) electrons. The molecule has 0 spiro atoms. The Kier molecular flexibility index (Phi) is 4.81. The van der Waals surface area contributed by atoms with Crippen molar-refractivity contribution in [2.75, 3.05) is 0 Å². The van der Waals surface area contributed by atoms with E-state index in [1.165, 1.54) is 0 Å². The molecule has 166 valence electrons. The van der Waals surface area contributed by atoms with Gasteiger partial charge in [0, 0.05) is 12.8 Å². The van der Waals surface area contributed by atoms with E-state index in [1.54, 1.807) is 0 Å². The van der Waals surface area contributed by atoms with Crippen molar-refractivity contribution in [3.63, 3.8) is 0 Å². The van der Waals surface area contributed by atoms with Crippen LogP contribution in [-0.4, -0.2) is 47.9 Å². The van der Waals surface area contributed by atoms with Gasteiger partial charge in [0.05, 0.1) is 0 Å². The Bertz CT molecular complexity index is 581. The zero-order valence-electron chi connectivity index (χ0n) is 13.6. The highest BCUT2D eigenvalue weighted by molar-refractivity contribution is 5.10. The molecule has 2 rings (SSSR count). The molecule has 16 heteroatoms. The van der Waals surface area contributed by atoms with Crippen LogP contribution < -0.4 is 0 Å². The second-order valence-electron chi connectivity index (χ2n) is 5.84. The average molecular weight is 446 g/mol. The van der Waals surface area contributed by atoms with Crippen molar-refractivity contribution in [1.82, 2.24) is 0 Å². The third-order valence-electron chi connectivity index (χ3n) is 4.15. The number of ether oxygens (including phenoxy) is 4. The van der Waals surface area contributed by atoms with Crippen LogP contribution in [0.25, 0.3) is 0 Å². The second-order valence-corrected chi connectivity index (χ2v) is 5.84. The predicted octanol–water partition coefficient (Wildman–Crippen LogP) is 4.93. The summed E-state index contributed by atoms with van der Waals surface area (Å²) in [6.07, 6.45) is -27.8. The molecule has 0 bridgehead atoms. The maximum absolute atomic E-state index is 14.7. The molecule has 0 amide bonds. The molecule has 2 heterocycles. The van der Waals surface area contributed by atoms with Crippen molar-refractivity contribution < 1.29 is 71.6 Å². The van der Waals surface area contributed by atoms with Crippen molar-refractivity contribution in [2.24, 2.45) is 0 Å². The van der Waals surface area contributed by atoms with Crippen LogP contribution in [0.4, 0.5) is 52.7 Å². The third-order valence-corrected chi connectivity index (χ3v) is 4.15. The van der Waals surface area contributed by atoms with E-state index in [0.717, 1.165) is 0 Å². The molecule has 2 fully saturated rings. The minimum Gasteiger partial charge on any atom is -0.293 e. The van der Waals surface area contributed by atoms with Gasteiger partial charge in [-0.25, -0.2) is 0 Å². The van der Waals surface area contributed by atoms with Gasteiger partial charge in [-0.05, 0) is 0 Å². The Morgan fingerprint density at radius 2 is 0.786 bits per heavy atom. The van der Waals surface area contributed by atoms with Gasteiger partial charge in [0.15, 0.2) is 0 Å². The Morgan fingerprint density at radius 1 is 0.536 bits per heavy atom. The molecule has 0 aromatic heterocycles. The van der Waals surface area contributed by atoms with Crippen LogP contribution in [0.3, 0.4) is 0 Å². The highest BCUT2D eigenvalue weighted by Crippen LogP contribution is 2.67. The van der Waals surface area contributed by atoms with Gasteiger partial charge >= 0.3 is 36.3 Å². The zero-order valence-corrected chi connectivity index (χ0v) is 13.6. The van der Waals surface area contributed by atoms with Crippen LogP contribution in [-0.2, 0) is 18.9 Å². The first-order valence-electron chi connectivity index (χ1n) is 7.27. The largest absolute Gasteiger partial charge is 0.443 e. The highest BCUT2D eigenvalue weighted by atomic mass is 19.4. The summed E-state index contributed by atoms with van der Waals surface area (Å²) in [7, 11) is 0. The summed E-state index contributed by atoms with van der Waals surface area (Å²) in [6, 6.07) is 0. The van der Waals surface area contributed by atoms with E-state index in [2.05, 4.69) is 18.9 Å². The quantitative estimate of drug-likeness (QED) is 0.577. The second kappa shape index (κ2) is 5.78. The fourth-order valence-corrected chi connectivity index (χ4v) is 2.59. The molecule has 4 nitrogen and oxygen atoms in total. The van der Waals surface area contributed by atoms with Crippen molar-refractivity contribution in [3.8, 4) is 0 Å². The van der Waals surface area contributed by atoms with Gasteiger partial charge in [-0.15, -0.1) is 0 Å². The third kappa shape index (κ3) is 2.63. The number of halogens is 12. The van der Waals surface area contributed by atoms with Crippen LogP contribution in [0.2, 0.25) is 0 Å². The first-order valence-corrected chi connectivity index (χ1v) is 7.27. The van der Waals surface area contributed by atoms with Gasteiger partial charge in [-0.3, -0.25) is 18.9 Å². The molecule has 0 aliphatic carbocycles.